The molecular formula is C9H17N3O9P2. The van der Waals surface area contributed by atoms with E-state index in [-0.39, 0.29) is 18.8 Å². The first kappa shape index (κ1) is 19.9. The summed E-state index contributed by atoms with van der Waals surface area (Å²) in [5.41, 5.74) is 4.66. The van der Waals surface area contributed by atoms with E-state index in [2.05, 4.69) is 9.29 Å². The number of hydrogen-bond donors (Lipinski definition) is 5. The van der Waals surface area contributed by atoms with Gasteiger partial charge in [-0.2, -0.15) is 4.98 Å². The van der Waals surface area contributed by atoms with Crippen molar-refractivity contribution in [3.05, 3.63) is 22.7 Å². The Morgan fingerprint density at radius 2 is 2.00 bits per heavy atom. The Bertz CT molecular complexity index is 672. The van der Waals surface area contributed by atoms with Gasteiger partial charge in [-0.05, 0) is 12.5 Å². The minimum atomic E-state index is -5.12. The maximum absolute atomic E-state index is 11.6. The zero-order chi connectivity index (χ0) is 17.7. The van der Waals surface area contributed by atoms with Crippen LogP contribution >= 0.6 is 15.4 Å². The van der Waals surface area contributed by atoms with Gasteiger partial charge in [-0.15, -0.1) is 0 Å². The molecule has 0 saturated heterocycles. The highest BCUT2D eigenvalue weighted by Gasteiger charge is 2.30. The lowest BCUT2D eigenvalue weighted by molar-refractivity contribution is 0.124. The SMILES string of the molecule is Nc1ccn(C(CO)CCOCP(=O)(O)OP(=O)(O)O)c(=O)n1. The molecule has 0 bridgehead atoms. The van der Waals surface area contributed by atoms with E-state index in [0.717, 1.165) is 4.57 Å². The summed E-state index contributed by atoms with van der Waals surface area (Å²) in [6, 6.07) is 0.650. The number of phosphoric acid groups is 1. The highest BCUT2D eigenvalue weighted by Crippen LogP contribution is 2.56. The van der Waals surface area contributed by atoms with Gasteiger partial charge in [0.05, 0.1) is 12.6 Å². The number of nitrogen functional groups attached to an aromatic ring is 1. The maximum Gasteiger partial charge on any atom is 0.476 e. The molecule has 0 aliphatic carbocycles. The van der Waals surface area contributed by atoms with Crippen LogP contribution in [-0.4, -0.2) is 48.9 Å². The number of ether oxygens (including phenoxy) is 1. The largest absolute Gasteiger partial charge is 0.476 e. The van der Waals surface area contributed by atoms with Crippen molar-refractivity contribution in [3.8, 4) is 0 Å². The molecule has 0 aromatic carbocycles. The highest BCUT2D eigenvalue weighted by atomic mass is 31.3. The van der Waals surface area contributed by atoms with Crippen LogP contribution < -0.4 is 11.4 Å². The van der Waals surface area contributed by atoms with E-state index in [0.29, 0.717) is 0 Å². The Morgan fingerprint density at radius 3 is 2.52 bits per heavy atom. The molecule has 1 rings (SSSR count). The second kappa shape index (κ2) is 8.13. The highest BCUT2D eigenvalue weighted by molar-refractivity contribution is 7.63. The summed E-state index contributed by atoms with van der Waals surface area (Å²) in [6.45, 7) is -0.609. The second-order valence-corrected chi connectivity index (χ2v) is 7.58. The lowest BCUT2D eigenvalue weighted by atomic mass is 10.2. The summed E-state index contributed by atoms with van der Waals surface area (Å²) in [4.78, 5) is 41.2. The number of aliphatic hydroxyl groups is 1. The third kappa shape index (κ3) is 7.34. The van der Waals surface area contributed by atoms with Crippen molar-refractivity contribution >= 4 is 21.2 Å². The zero-order valence-corrected chi connectivity index (χ0v) is 13.5. The fourth-order valence-electron chi connectivity index (χ4n) is 1.61. The molecule has 0 spiro atoms. The van der Waals surface area contributed by atoms with Crippen molar-refractivity contribution < 1.29 is 38.0 Å². The topological polar surface area (TPSA) is 194 Å². The van der Waals surface area contributed by atoms with E-state index in [1.165, 1.54) is 12.3 Å². The molecule has 23 heavy (non-hydrogen) atoms. The Kier molecular flexibility index (Phi) is 7.05. The van der Waals surface area contributed by atoms with Crippen LogP contribution in [0.15, 0.2) is 17.1 Å². The van der Waals surface area contributed by atoms with Crippen LogP contribution in [0.1, 0.15) is 12.5 Å². The van der Waals surface area contributed by atoms with Crippen LogP contribution in [0.2, 0.25) is 0 Å². The fourth-order valence-corrected chi connectivity index (χ4v) is 3.49. The van der Waals surface area contributed by atoms with Gasteiger partial charge in [-0.1, -0.05) is 0 Å². The molecule has 6 N–H and O–H groups in total. The van der Waals surface area contributed by atoms with Crippen molar-refractivity contribution in [1.82, 2.24) is 9.55 Å². The Morgan fingerprint density at radius 1 is 1.35 bits per heavy atom. The van der Waals surface area contributed by atoms with Crippen LogP contribution in [0.4, 0.5) is 5.82 Å². The smallest absolute Gasteiger partial charge is 0.394 e. The average molecular weight is 373 g/mol. The Labute approximate surface area is 130 Å². The van der Waals surface area contributed by atoms with E-state index in [9.17, 15) is 19.0 Å². The predicted molar refractivity (Wildman–Crippen MR) is 77.4 cm³/mol. The van der Waals surface area contributed by atoms with Gasteiger partial charge in [0.15, 0.2) is 0 Å². The summed E-state index contributed by atoms with van der Waals surface area (Å²) >= 11 is 0. The Hall–Kier alpha value is -1.10. The minimum Gasteiger partial charge on any atom is -0.394 e. The summed E-state index contributed by atoms with van der Waals surface area (Å²) in [5, 5.41) is 9.28. The lowest BCUT2D eigenvalue weighted by Crippen LogP contribution is -2.29. The van der Waals surface area contributed by atoms with E-state index in [1.54, 1.807) is 0 Å². The molecule has 1 aromatic rings. The zero-order valence-electron chi connectivity index (χ0n) is 11.8. The second-order valence-electron chi connectivity index (χ2n) is 4.41. The number of nitrogens with two attached hydrogens (primary N) is 1. The number of aromatic nitrogens is 2. The molecule has 1 heterocycles. The van der Waals surface area contributed by atoms with E-state index in [1.807, 2.05) is 0 Å². The van der Waals surface area contributed by atoms with Crippen molar-refractivity contribution in [2.45, 2.75) is 12.5 Å². The molecule has 1 aromatic heterocycles. The quantitative estimate of drug-likeness (QED) is 0.263. The first-order valence-electron chi connectivity index (χ1n) is 6.16. The summed E-state index contributed by atoms with van der Waals surface area (Å²) in [6.07, 6.45) is 0.447. The van der Waals surface area contributed by atoms with Gasteiger partial charge in [-0.3, -0.25) is 9.13 Å². The van der Waals surface area contributed by atoms with Gasteiger partial charge < -0.3 is 30.3 Å². The van der Waals surface area contributed by atoms with Crippen molar-refractivity contribution in [3.63, 3.8) is 0 Å². The first-order valence-corrected chi connectivity index (χ1v) is 9.45. The molecule has 0 aliphatic heterocycles. The molecule has 0 radical (unpaired) electrons. The van der Waals surface area contributed by atoms with Gasteiger partial charge in [0.25, 0.3) is 0 Å². The van der Waals surface area contributed by atoms with Crippen LogP contribution in [-0.2, 0) is 18.2 Å². The lowest BCUT2D eigenvalue weighted by Gasteiger charge is -2.17. The monoisotopic (exact) mass is 373 g/mol. The summed E-state index contributed by atoms with van der Waals surface area (Å²) < 4.78 is 31.4. The molecule has 0 fully saturated rings. The molecule has 0 saturated carbocycles. The average Bonchev–Trinajstić information content (AvgIpc) is 2.37. The number of rotatable bonds is 9. The van der Waals surface area contributed by atoms with Crippen molar-refractivity contribution in [1.29, 1.82) is 0 Å². The molecular weight excluding hydrogens is 356 g/mol. The van der Waals surface area contributed by atoms with E-state index < -0.39 is 40.1 Å². The van der Waals surface area contributed by atoms with Gasteiger partial charge in [0.2, 0.25) is 0 Å². The number of hydrogen-bond acceptors (Lipinski definition) is 8. The van der Waals surface area contributed by atoms with Crippen molar-refractivity contribution in [2.24, 2.45) is 0 Å². The summed E-state index contributed by atoms with van der Waals surface area (Å²) in [5.74, 6) is 0.0231. The standard InChI is InChI=1S/C9H17N3O9P2/c10-8-1-3-12(9(14)11-8)7(5-13)2-4-20-6-22(15,16)21-23(17,18)19/h1,3,7,13H,2,4-6H2,(H,15,16)(H2,10,11,14)(H2,17,18,19). The molecule has 12 nitrogen and oxygen atoms in total. The van der Waals surface area contributed by atoms with E-state index >= 15 is 0 Å². The number of anilines is 1. The minimum absolute atomic E-state index is 0.0231. The van der Waals surface area contributed by atoms with E-state index in [4.69, 9.17) is 25.2 Å². The molecule has 2 atom stereocenters. The molecule has 132 valence electrons. The third-order valence-electron chi connectivity index (χ3n) is 2.54. The predicted octanol–water partition coefficient (Wildman–Crippen LogP) is -0.982. The number of nitrogens with zero attached hydrogens (tertiary/aromatic N) is 2. The van der Waals surface area contributed by atoms with Gasteiger partial charge >= 0.3 is 21.1 Å². The van der Waals surface area contributed by atoms with Gasteiger partial charge in [-0.25, -0.2) is 13.7 Å². The van der Waals surface area contributed by atoms with Crippen LogP contribution in [0.3, 0.4) is 0 Å². The van der Waals surface area contributed by atoms with Gasteiger partial charge in [0, 0.05) is 12.8 Å². The molecule has 0 aliphatic rings. The summed E-state index contributed by atoms with van der Waals surface area (Å²) in [7, 11) is -9.73. The van der Waals surface area contributed by atoms with Crippen LogP contribution in [0.5, 0.6) is 0 Å². The van der Waals surface area contributed by atoms with Gasteiger partial charge in [0.1, 0.15) is 12.2 Å². The van der Waals surface area contributed by atoms with Crippen LogP contribution in [0, 0.1) is 0 Å². The number of aliphatic hydroxyl groups excluding tert-OH is 1. The van der Waals surface area contributed by atoms with Crippen molar-refractivity contribution in [2.75, 3.05) is 25.3 Å². The van der Waals surface area contributed by atoms with Crippen LogP contribution in [0.25, 0.3) is 0 Å². The molecule has 2 unspecified atom stereocenters. The third-order valence-corrected chi connectivity index (χ3v) is 4.92. The molecule has 14 heteroatoms. The fraction of sp³-hybridized carbons (Fsp3) is 0.556. The molecule has 0 amide bonds. The first-order chi connectivity index (χ1) is 10.5. The Balaban J connectivity index is 2.55. The maximum atomic E-state index is 11.6. The normalized spacial score (nSPS) is 16.0.